The van der Waals surface area contributed by atoms with E-state index in [2.05, 4.69) is 70.6 Å². The fourth-order valence-electron chi connectivity index (χ4n) is 1.92. The maximum Gasteiger partial charge on any atom is 0.171 e. The summed E-state index contributed by atoms with van der Waals surface area (Å²) in [5.41, 5.74) is 4.35. The highest BCUT2D eigenvalue weighted by molar-refractivity contribution is 9.10. The summed E-state index contributed by atoms with van der Waals surface area (Å²) >= 11 is 8.85. The van der Waals surface area contributed by atoms with Crippen LogP contribution in [0.3, 0.4) is 0 Å². The Bertz CT molecular complexity index is 651. The zero-order chi connectivity index (χ0) is 15.4. The van der Waals surface area contributed by atoms with E-state index >= 15 is 0 Å². The number of nitrogens with one attached hydrogen (secondary N) is 2. The first-order chi connectivity index (χ1) is 9.99. The highest BCUT2D eigenvalue weighted by Crippen LogP contribution is 2.17. The molecule has 0 radical (unpaired) electrons. The second-order valence-electron chi connectivity index (χ2n) is 4.91. The highest BCUT2D eigenvalue weighted by Gasteiger charge is 2.07. The van der Waals surface area contributed by atoms with Gasteiger partial charge >= 0.3 is 0 Å². The fraction of sp³-hybridized carbons (Fsp3) is 0.333. The summed E-state index contributed by atoms with van der Waals surface area (Å²) in [7, 11) is 0. The molecule has 1 heterocycles. The Balaban J connectivity index is 1.95. The predicted octanol–water partition coefficient (Wildman–Crippen LogP) is 3.77. The van der Waals surface area contributed by atoms with Crippen LogP contribution in [-0.2, 0) is 13.1 Å². The lowest BCUT2D eigenvalue weighted by Crippen LogP contribution is -2.28. The van der Waals surface area contributed by atoms with Crippen molar-refractivity contribution in [1.29, 1.82) is 0 Å². The van der Waals surface area contributed by atoms with Crippen molar-refractivity contribution >= 4 is 38.9 Å². The zero-order valence-corrected chi connectivity index (χ0v) is 14.8. The van der Waals surface area contributed by atoms with Crippen molar-refractivity contribution in [3.8, 4) is 0 Å². The van der Waals surface area contributed by atoms with Crippen LogP contribution >= 0.6 is 28.1 Å². The van der Waals surface area contributed by atoms with E-state index in [0.29, 0.717) is 11.7 Å². The Morgan fingerprint density at radius 3 is 2.81 bits per heavy atom. The lowest BCUT2D eigenvalue weighted by Gasteiger charge is -2.12. The Hall–Kier alpha value is -1.40. The molecule has 2 rings (SSSR count). The number of nitrogens with zero attached hydrogens (tertiary/aromatic N) is 2. The Kier molecular flexibility index (Phi) is 5.36. The number of anilines is 1. The number of benzene rings is 1. The first-order valence-corrected chi connectivity index (χ1v) is 8.03. The van der Waals surface area contributed by atoms with Gasteiger partial charge < -0.3 is 10.6 Å². The SMILES string of the molecule is CCn1cc(Br)c(CNC(=S)Nc2cc(C)ccc2C)n1. The molecule has 0 saturated carbocycles. The number of aromatic nitrogens is 2. The molecule has 0 aliphatic rings. The van der Waals surface area contributed by atoms with Crippen LogP contribution in [0.25, 0.3) is 0 Å². The van der Waals surface area contributed by atoms with E-state index in [1.165, 1.54) is 11.1 Å². The first kappa shape index (κ1) is 16.0. The zero-order valence-electron chi connectivity index (χ0n) is 12.4. The number of halogens is 1. The second kappa shape index (κ2) is 7.04. The third-order valence-corrected chi connectivity index (χ3v) is 4.08. The van der Waals surface area contributed by atoms with Gasteiger partial charge in [0.1, 0.15) is 0 Å². The smallest absolute Gasteiger partial charge is 0.171 e. The molecule has 0 amide bonds. The molecule has 2 aromatic rings. The average Bonchev–Trinajstić information content (AvgIpc) is 2.81. The van der Waals surface area contributed by atoms with Crippen LogP contribution in [-0.4, -0.2) is 14.9 Å². The molecule has 2 N–H and O–H groups in total. The van der Waals surface area contributed by atoms with Gasteiger partial charge in [-0.1, -0.05) is 12.1 Å². The third-order valence-electron chi connectivity index (χ3n) is 3.17. The van der Waals surface area contributed by atoms with Gasteiger partial charge in [-0.3, -0.25) is 4.68 Å². The Morgan fingerprint density at radius 1 is 1.38 bits per heavy atom. The van der Waals surface area contributed by atoms with Crippen LogP contribution in [0, 0.1) is 13.8 Å². The molecule has 6 heteroatoms. The van der Waals surface area contributed by atoms with E-state index < -0.39 is 0 Å². The molecule has 0 aliphatic heterocycles. The molecule has 4 nitrogen and oxygen atoms in total. The monoisotopic (exact) mass is 366 g/mol. The van der Waals surface area contributed by atoms with Crippen molar-refractivity contribution in [2.45, 2.75) is 33.9 Å². The minimum Gasteiger partial charge on any atom is -0.357 e. The molecule has 1 aromatic carbocycles. The van der Waals surface area contributed by atoms with Gasteiger partial charge in [0.05, 0.1) is 16.7 Å². The summed E-state index contributed by atoms with van der Waals surface area (Å²) in [6.45, 7) is 7.62. The molecule has 0 aliphatic carbocycles. The van der Waals surface area contributed by atoms with Crippen molar-refractivity contribution in [3.63, 3.8) is 0 Å². The van der Waals surface area contributed by atoms with Gasteiger partial charge in [0.15, 0.2) is 5.11 Å². The van der Waals surface area contributed by atoms with Crippen LogP contribution < -0.4 is 10.6 Å². The fourth-order valence-corrected chi connectivity index (χ4v) is 2.56. The number of hydrogen-bond acceptors (Lipinski definition) is 2. The van der Waals surface area contributed by atoms with Gasteiger partial charge in [0, 0.05) is 18.4 Å². The molecule has 0 spiro atoms. The molecule has 0 bridgehead atoms. The number of hydrogen-bond donors (Lipinski definition) is 2. The second-order valence-corrected chi connectivity index (χ2v) is 6.17. The van der Waals surface area contributed by atoms with Gasteiger partial charge in [-0.15, -0.1) is 0 Å². The van der Waals surface area contributed by atoms with Gasteiger partial charge in [0.2, 0.25) is 0 Å². The van der Waals surface area contributed by atoms with Gasteiger partial charge in [0.25, 0.3) is 0 Å². The third kappa shape index (κ3) is 4.28. The minimum absolute atomic E-state index is 0.588. The van der Waals surface area contributed by atoms with Crippen molar-refractivity contribution in [2.75, 3.05) is 5.32 Å². The summed E-state index contributed by atoms with van der Waals surface area (Å²) in [4.78, 5) is 0. The first-order valence-electron chi connectivity index (χ1n) is 6.83. The molecule has 0 atom stereocenters. The molecular weight excluding hydrogens is 348 g/mol. The summed E-state index contributed by atoms with van der Waals surface area (Å²) < 4.78 is 2.88. The van der Waals surface area contributed by atoms with Crippen LogP contribution in [0.15, 0.2) is 28.9 Å². The minimum atomic E-state index is 0.588. The summed E-state index contributed by atoms with van der Waals surface area (Å²) in [6, 6.07) is 6.26. The maximum absolute atomic E-state index is 5.34. The maximum atomic E-state index is 5.34. The van der Waals surface area contributed by atoms with Crippen molar-refractivity contribution in [2.24, 2.45) is 0 Å². The van der Waals surface area contributed by atoms with Crippen LogP contribution in [0.2, 0.25) is 0 Å². The molecule has 0 unspecified atom stereocenters. The molecule has 1 aromatic heterocycles. The molecule has 112 valence electrons. The van der Waals surface area contributed by atoms with Crippen molar-refractivity contribution in [3.05, 3.63) is 45.7 Å². The normalized spacial score (nSPS) is 10.5. The quantitative estimate of drug-likeness (QED) is 0.808. The highest BCUT2D eigenvalue weighted by atomic mass is 79.9. The lowest BCUT2D eigenvalue weighted by atomic mass is 10.1. The number of aryl methyl sites for hydroxylation is 3. The molecular formula is C15H19BrN4S. The largest absolute Gasteiger partial charge is 0.357 e. The van der Waals surface area contributed by atoms with Crippen LogP contribution in [0.4, 0.5) is 5.69 Å². The topological polar surface area (TPSA) is 41.9 Å². The van der Waals surface area contributed by atoms with Gasteiger partial charge in [-0.25, -0.2) is 0 Å². The Labute approximate surface area is 139 Å². The molecule has 21 heavy (non-hydrogen) atoms. The van der Waals surface area contributed by atoms with E-state index in [1.54, 1.807) is 0 Å². The summed E-state index contributed by atoms with van der Waals surface area (Å²) in [6.07, 6.45) is 1.97. The molecule has 0 saturated heterocycles. The van der Waals surface area contributed by atoms with E-state index in [1.807, 2.05) is 10.9 Å². The number of thiocarbonyl (C=S) groups is 1. The van der Waals surface area contributed by atoms with Gasteiger partial charge in [-0.05, 0) is 66.1 Å². The van der Waals surface area contributed by atoms with E-state index in [4.69, 9.17) is 12.2 Å². The van der Waals surface area contributed by atoms with Crippen LogP contribution in [0.5, 0.6) is 0 Å². The standard InChI is InChI=1S/C15H19BrN4S/c1-4-20-9-12(16)14(19-20)8-17-15(21)18-13-7-10(2)5-6-11(13)3/h5-7,9H,4,8H2,1-3H3,(H2,17,18,21). The van der Waals surface area contributed by atoms with E-state index in [0.717, 1.165) is 22.4 Å². The van der Waals surface area contributed by atoms with Crippen LogP contribution in [0.1, 0.15) is 23.7 Å². The van der Waals surface area contributed by atoms with Crippen molar-refractivity contribution < 1.29 is 0 Å². The number of rotatable bonds is 4. The lowest BCUT2D eigenvalue weighted by molar-refractivity contribution is 0.643. The summed E-state index contributed by atoms with van der Waals surface area (Å²) in [5, 5.41) is 11.5. The van der Waals surface area contributed by atoms with Crippen molar-refractivity contribution in [1.82, 2.24) is 15.1 Å². The average molecular weight is 367 g/mol. The molecule has 0 fully saturated rings. The van der Waals surface area contributed by atoms with Gasteiger partial charge in [-0.2, -0.15) is 5.10 Å². The van der Waals surface area contributed by atoms with E-state index in [9.17, 15) is 0 Å². The van der Waals surface area contributed by atoms with E-state index in [-0.39, 0.29) is 0 Å². The summed E-state index contributed by atoms with van der Waals surface area (Å²) in [5.74, 6) is 0. The predicted molar refractivity (Wildman–Crippen MR) is 94.6 cm³/mol. The Morgan fingerprint density at radius 2 is 2.14 bits per heavy atom.